The summed E-state index contributed by atoms with van der Waals surface area (Å²) in [5, 5.41) is 16.2. The fourth-order valence-corrected chi connectivity index (χ4v) is 3.49. The number of carbonyl (C=O) groups excluding carboxylic acids is 1. The summed E-state index contributed by atoms with van der Waals surface area (Å²) in [6, 6.07) is 6.03. The summed E-state index contributed by atoms with van der Waals surface area (Å²) in [5.74, 6) is 0.0867. The van der Waals surface area contributed by atoms with Gasteiger partial charge in [0.05, 0.1) is 5.60 Å². The van der Waals surface area contributed by atoms with Crippen molar-refractivity contribution in [2.45, 2.75) is 70.4 Å². The second-order valence-electron chi connectivity index (χ2n) is 7.15. The van der Waals surface area contributed by atoms with Crippen LogP contribution in [0.4, 0.5) is 0 Å². The first-order valence-corrected chi connectivity index (χ1v) is 8.72. The Bertz CT molecular complexity index is 702. The number of Topliss-reactive ketones (excluding diaryl/α,β-unsaturated/α-hetero) is 1. The van der Waals surface area contributed by atoms with Gasteiger partial charge in [0.1, 0.15) is 5.52 Å². The molecule has 0 radical (unpaired) electrons. The molecule has 5 heteroatoms. The first kappa shape index (κ1) is 18.9. The molecule has 0 aliphatic heterocycles. The van der Waals surface area contributed by atoms with Crippen LogP contribution < -0.4 is 0 Å². The molecule has 1 aliphatic carbocycles. The van der Waals surface area contributed by atoms with Gasteiger partial charge in [-0.15, -0.1) is 12.4 Å². The van der Waals surface area contributed by atoms with Gasteiger partial charge in [0.25, 0.3) is 0 Å². The molecule has 0 amide bonds. The van der Waals surface area contributed by atoms with Crippen LogP contribution >= 0.6 is 12.4 Å². The largest absolute Gasteiger partial charge is 0.390 e. The lowest BCUT2D eigenvalue weighted by atomic mass is 9.81. The van der Waals surface area contributed by atoms with Gasteiger partial charge in [-0.25, -0.2) is 0 Å². The van der Waals surface area contributed by atoms with Gasteiger partial charge in [-0.1, -0.05) is 31.4 Å². The van der Waals surface area contributed by atoms with Crippen LogP contribution in [0.1, 0.15) is 75.2 Å². The fraction of sp³-hybridized carbons (Fsp3) is 0.579. The summed E-state index contributed by atoms with van der Waals surface area (Å²) >= 11 is 0. The van der Waals surface area contributed by atoms with Crippen molar-refractivity contribution in [3.05, 3.63) is 30.0 Å². The summed E-state index contributed by atoms with van der Waals surface area (Å²) in [6.45, 7) is 4.15. The second kappa shape index (κ2) is 7.66. The summed E-state index contributed by atoms with van der Waals surface area (Å²) in [7, 11) is 0. The molecule has 24 heavy (non-hydrogen) atoms. The molecule has 1 aromatic carbocycles. The lowest BCUT2D eigenvalue weighted by Gasteiger charge is -2.31. The first-order chi connectivity index (χ1) is 11.0. The number of rotatable bonds is 5. The number of benzene rings is 1. The van der Waals surface area contributed by atoms with Crippen LogP contribution in [0.5, 0.6) is 0 Å². The Labute approximate surface area is 149 Å². The molecule has 1 fully saturated rings. The maximum Gasteiger partial charge on any atom is 0.165 e. The predicted molar refractivity (Wildman–Crippen MR) is 99.0 cm³/mol. The molecular weight excluding hydrogens is 324 g/mol. The SMILES string of the molecule is CC(C)n1cc2cccc(C(=O)CCC3(O)CCCCC3)c2n1.Cl. The van der Waals surface area contributed by atoms with E-state index in [1.54, 1.807) is 0 Å². The molecule has 1 aliphatic rings. The zero-order chi connectivity index (χ0) is 16.4. The van der Waals surface area contributed by atoms with E-state index in [-0.39, 0.29) is 24.2 Å². The van der Waals surface area contributed by atoms with E-state index >= 15 is 0 Å². The monoisotopic (exact) mass is 350 g/mol. The predicted octanol–water partition coefficient (Wildman–Crippen LogP) is 4.70. The van der Waals surface area contributed by atoms with Gasteiger partial charge in [-0.05, 0) is 39.2 Å². The van der Waals surface area contributed by atoms with Crippen molar-refractivity contribution in [3.63, 3.8) is 0 Å². The summed E-state index contributed by atoms with van der Waals surface area (Å²) < 4.78 is 1.90. The molecule has 1 heterocycles. The normalized spacial score (nSPS) is 17.0. The first-order valence-electron chi connectivity index (χ1n) is 8.72. The van der Waals surface area contributed by atoms with Gasteiger partial charge in [0.15, 0.2) is 5.78 Å². The fourth-order valence-electron chi connectivity index (χ4n) is 3.49. The van der Waals surface area contributed by atoms with Gasteiger partial charge in [-0.2, -0.15) is 5.10 Å². The van der Waals surface area contributed by atoms with Crippen LogP contribution in [-0.2, 0) is 0 Å². The van der Waals surface area contributed by atoms with Crippen molar-refractivity contribution in [3.8, 4) is 0 Å². The Hall–Kier alpha value is -1.39. The van der Waals surface area contributed by atoms with Gasteiger partial charge >= 0.3 is 0 Å². The molecule has 0 bridgehead atoms. The molecule has 3 rings (SSSR count). The van der Waals surface area contributed by atoms with Crippen molar-refractivity contribution < 1.29 is 9.90 Å². The van der Waals surface area contributed by atoms with Crippen LogP contribution in [0.25, 0.3) is 10.9 Å². The molecule has 1 aromatic heterocycles. The third-order valence-corrected chi connectivity index (χ3v) is 4.99. The molecule has 0 spiro atoms. The van der Waals surface area contributed by atoms with Gasteiger partial charge in [0.2, 0.25) is 0 Å². The van der Waals surface area contributed by atoms with E-state index in [0.717, 1.165) is 36.6 Å². The number of aliphatic hydroxyl groups is 1. The number of aromatic nitrogens is 2. The Morgan fingerprint density at radius 3 is 2.67 bits per heavy atom. The van der Waals surface area contributed by atoms with Crippen molar-refractivity contribution >= 4 is 29.1 Å². The van der Waals surface area contributed by atoms with Gasteiger partial charge in [-0.3, -0.25) is 9.48 Å². The number of hydrogen-bond donors (Lipinski definition) is 1. The summed E-state index contributed by atoms with van der Waals surface area (Å²) in [5.41, 5.74) is 0.821. The quantitative estimate of drug-likeness (QED) is 0.795. The highest BCUT2D eigenvalue weighted by molar-refractivity contribution is 6.06. The van der Waals surface area contributed by atoms with E-state index in [1.807, 2.05) is 29.1 Å². The van der Waals surface area contributed by atoms with Crippen LogP contribution in [0, 0.1) is 0 Å². The van der Waals surface area contributed by atoms with Crippen molar-refractivity contribution in [2.24, 2.45) is 0 Å². The van der Waals surface area contributed by atoms with Crippen molar-refractivity contribution in [2.75, 3.05) is 0 Å². The van der Waals surface area contributed by atoms with Crippen LogP contribution in [-0.4, -0.2) is 26.3 Å². The second-order valence-corrected chi connectivity index (χ2v) is 7.15. The summed E-state index contributed by atoms with van der Waals surface area (Å²) in [6.07, 6.45) is 7.93. The van der Waals surface area contributed by atoms with E-state index in [1.165, 1.54) is 6.42 Å². The van der Waals surface area contributed by atoms with Crippen molar-refractivity contribution in [1.29, 1.82) is 0 Å². The maximum absolute atomic E-state index is 12.7. The lowest BCUT2D eigenvalue weighted by molar-refractivity contribution is -0.00454. The molecule has 1 N–H and O–H groups in total. The molecule has 0 atom stereocenters. The van der Waals surface area contributed by atoms with E-state index in [0.29, 0.717) is 18.4 Å². The third-order valence-electron chi connectivity index (χ3n) is 4.99. The molecule has 4 nitrogen and oxygen atoms in total. The molecule has 0 saturated heterocycles. The zero-order valence-corrected chi connectivity index (χ0v) is 15.3. The van der Waals surface area contributed by atoms with Crippen LogP contribution in [0.3, 0.4) is 0 Å². The highest BCUT2D eigenvalue weighted by Crippen LogP contribution is 2.32. The van der Waals surface area contributed by atoms with E-state index in [4.69, 9.17) is 0 Å². The Morgan fingerprint density at radius 1 is 1.29 bits per heavy atom. The standard InChI is InChI=1S/C19H26N2O2.ClH/c1-14(2)21-13-15-7-6-8-16(18(15)20-21)17(22)9-12-19(23)10-4-3-5-11-19;/h6-8,13-14,23H,3-5,9-12H2,1-2H3;1H. The smallest absolute Gasteiger partial charge is 0.165 e. The van der Waals surface area contributed by atoms with E-state index in [9.17, 15) is 9.90 Å². The average Bonchev–Trinajstić information content (AvgIpc) is 2.98. The Morgan fingerprint density at radius 2 is 2.00 bits per heavy atom. The van der Waals surface area contributed by atoms with Gasteiger partial charge < -0.3 is 5.11 Å². The van der Waals surface area contributed by atoms with Crippen molar-refractivity contribution in [1.82, 2.24) is 9.78 Å². The zero-order valence-electron chi connectivity index (χ0n) is 14.5. The maximum atomic E-state index is 12.7. The highest BCUT2D eigenvalue weighted by Gasteiger charge is 2.29. The minimum Gasteiger partial charge on any atom is -0.390 e. The Kier molecular flexibility index (Phi) is 6.05. The van der Waals surface area contributed by atoms with E-state index in [2.05, 4.69) is 18.9 Å². The lowest BCUT2D eigenvalue weighted by Crippen LogP contribution is -2.31. The number of fused-ring (bicyclic) bond motifs is 1. The van der Waals surface area contributed by atoms with E-state index < -0.39 is 5.60 Å². The number of ketones is 1. The number of halogens is 1. The highest BCUT2D eigenvalue weighted by atomic mass is 35.5. The minimum absolute atomic E-state index is 0. The molecular formula is C19H27ClN2O2. The Balaban J connectivity index is 0.00000208. The van der Waals surface area contributed by atoms with Crippen LogP contribution in [0.15, 0.2) is 24.4 Å². The number of hydrogen-bond acceptors (Lipinski definition) is 3. The van der Waals surface area contributed by atoms with Gasteiger partial charge in [0, 0.05) is 29.6 Å². The third kappa shape index (κ3) is 3.98. The summed E-state index contributed by atoms with van der Waals surface area (Å²) in [4.78, 5) is 12.7. The molecule has 1 saturated carbocycles. The molecule has 132 valence electrons. The topological polar surface area (TPSA) is 55.1 Å². The number of nitrogens with zero attached hydrogens (tertiary/aromatic N) is 2. The molecule has 0 unspecified atom stereocenters. The number of carbonyl (C=O) groups is 1. The average molecular weight is 351 g/mol. The molecule has 2 aromatic rings. The van der Waals surface area contributed by atoms with Crippen LogP contribution in [0.2, 0.25) is 0 Å². The minimum atomic E-state index is -0.640.